The first-order valence-electron chi connectivity index (χ1n) is 9.31. The van der Waals surface area contributed by atoms with Gasteiger partial charge in [0.2, 0.25) is 5.91 Å². The fourth-order valence-corrected chi connectivity index (χ4v) is 3.39. The highest BCUT2D eigenvalue weighted by Crippen LogP contribution is 2.23. The SMILES string of the molecule is COC(=O)c1cc(CNC(=O)Cc2c(C)nc3ccccc3c2C)ccc1OC. The number of nitrogens with one attached hydrogen (secondary N) is 1. The Kier molecular flexibility index (Phi) is 6.12. The van der Waals surface area contributed by atoms with E-state index in [-0.39, 0.29) is 12.3 Å². The molecule has 3 rings (SSSR count). The first-order chi connectivity index (χ1) is 13.9. The van der Waals surface area contributed by atoms with Crippen molar-refractivity contribution in [2.24, 2.45) is 0 Å². The van der Waals surface area contributed by atoms with Crippen LogP contribution in [-0.4, -0.2) is 31.1 Å². The van der Waals surface area contributed by atoms with Crippen LogP contribution in [0.5, 0.6) is 5.75 Å². The highest BCUT2D eigenvalue weighted by molar-refractivity contribution is 5.92. The van der Waals surface area contributed by atoms with Gasteiger partial charge in [0.1, 0.15) is 11.3 Å². The minimum Gasteiger partial charge on any atom is -0.496 e. The second-order valence-corrected chi connectivity index (χ2v) is 6.80. The molecule has 3 aromatic rings. The minimum absolute atomic E-state index is 0.108. The van der Waals surface area contributed by atoms with E-state index in [0.717, 1.165) is 33.3 Å². The van der Waals surface area contributed by atoms with Crippen molar-refractivity contribution in [2.45, 2.75) is 26.8 Å². The number of fused-ring (bicyclic) bond motifs is 1. The van der Waals surface area contributed by atoms with Crippen LogP contribution < -0.4 is 10.1 Å². The fraction of sp³-hybridized carbons (Fsp3) is 0.261. The standard InChI is InChI=1S/C23H24N2O4/c1-14-17-7-5-6-8-20(17)25-15(2)18(14)12-22(26)24-13-16-9-10-21(28-3)19(11-16)23(27)29-4/h5-11H,12-13H2,1-4H3,(H,24,26). The Morgan fingerprint density at radius 3 is 2.55 bits per heavy atom. The third-order valence-corrected chi connectivity index (χ3v) is 4.98. The molecule has 0 aliphatic heterocycles. The van der Waals surface area contributed by atoms with Gasteiger partial charge < -0.3 is 14.8 Å². The number of carbonyl (C=O) groups excluding carboxylic acids is 2. The van der Waals surface area contributed by atoms with E-state index in [2.05, 4.69) is 10.3 Å². The Morgan fingerprint density at radius 2 is 1.83 bits per heavy atom. The molecule has 29 heavy (non-hydrogen) atoms. The smallest absolute Gasteiger partial charge is 0.341 e. The monoisotopic (exact) mass is 392 g/mol. The zero-order chi connectivity index (χ0) is 21.0. The molecule has 0 bridgehead atoms. The van der Waals surface area contributed by atoms with Gasteiger partial charge in [-0.25, -0.2) is 4.79 Å². The maximum atomic E-state index is 12.6. The summed E-state index contributed by atoms with van der Waals surface area (Å²) in [7, 11) is 2.81. The Bertz CT molecular complexity index is 1080. The molecule has 1 amide bonds. The van der Waals surface area contributed by atoms with Crippen LogP contribution in [0.1, 0.15) is 32.7 Å². The molecular formula is C23H24N2O4. The molecule has 2 aromatic carbocycles. The topological polar surface area (TPSA) is 77.5 Å². The minimum atomic E-state index is -0.483. The summed E-state index contributed by atoms with van der Waals surface area (Å²) in [5, 5.41) is 3.97. The number of para-hydroxylation sites is 1. The lowest BCUT2D eigenvalue weighted by Crippen LogP contribution is -2.25. The number of methoxy groups -OCH3 is 2. The quantitative estimate of drug-likeness (QED) is 0.650. The summed E-state index contributed by atoms with van der Waals surface area (Å²) in [5.74, 6) is -0.160. The van der Waals surface area contributed by atoms with E-state index in [0.29, 0.717) is 17.9 Å². The number of aryl methyl sites for hydroxylation is 2. The van der Waals surface area contributed by atoms with Crippen LogP contribution in [0.15, 0.2) is 42.5 Å². The summed E-state index contributed by atoms with van der Waals surface area (Å²) >= 11 is 0. The molecule has 6 heteroatoms. The van der Waals surface area contributed by atoms with Crippen LogP contribution in [0, 0.1) is 13.8 Å². The molecule has 1 N–H and O–H groups in total. The second-order valence-electron chi connectivity index (χ2n) is 6.80. The molecule has 0 spiro atoms. The largest absolute Gasteiger partial charge is 0.496 e. The van der Waals surface area contributed by atoms with Crippen molar-refractivity contribution in [3.05, 3.63) is 70.4 Å². The molecule has 0 atom stereocenters. The Balaban J connectivity index is 1.74. The molecule has 0 unspecified atom stereocenters. The van der Waals surface area contributed by atoms with E-state index in [1.54, 1.807) is 18.2 Å². The van der Waals surface area contributed by atoms with Crippen molar-refractivity contribution in [1.29, 1.82) is 0 Å². The van der Waals surface area contributed by atoms with Gasteiger partial charge >= 0.3 is 5.97 Å². The van der Waals surface area contributed by atoms with E-state index < -0.39 is 5.97 Å². The average Bonchev–Trinajstić information content (AvgIpc) is 2.74. The molecule has 150 valence electrons. The molecule has 1 heterocycles. The van der Waals surface area contributed by atoms with Gasteiger partial charge in [0.15, 0.2) is 0 Å². The first-order valence-corrected chi connectivity index (χ1v) is 9.31. The normalized spacial score (nSPS) is 10.6. The van der Waals surface area contributed by atoms with Gasteiger partial charge in [-0.2, -0.15) is 0 Å². The molecule has 0 saturated heterocycles. The van der Waals surface area contributed by atoms with Gasteiger partial charge in [-0.3, -0.25) is 9.78 Å². The Labute approximate surface area is 169 Å². The number of nitrogens with zero attached hydrogens (tertiary/aromatic N) is 1. The van der Waals surface area contributed by atoms with Crippen molar-refractivity contribution in [3.63, 3.8) is 0 Å². The number of esters is 1. The van der Waals surface area contributed by atoms with E-state index in [1.807, 2.05) is 38.1 Å². The van der Waals surface area contributed by atoms with Gasteiger partial charge in [0.25, 0.3) is 0 Å². The molecule has 1 aromatic heterocycles. The third kappa shape index (κ3) is 4.37. The first kappa shape index (κ1) is 20.3. The van der Waals surface area contributed by atoms with E-state index in [9.17, 15) is 9.59 Å². The third-order valence-electron chi connectivity index (χ3n) is 4.98. The highest BCUT2D eigenvalue weighted by atomic mass is 16.5. The van der Waals surface area contributed by atoms with Crippen LogP contribution in [-0.2, 0) is 22.5 Å². The van der Waals surface area contributed by atoms with Crippen LogP contribution in [0.25, 0.3) is 10.9 Å². The summed E-state index contributed by atoms with van der Waals surface area (Å²) in [6.07, 6.45) is 0.246. The maximum Gasteiger partial charge on any atom is 0.341 e. The number of hydrogen-bond donors (Lipinski definition) is 1. The predicted octanol–water partition coefficient (Wildman–Crippen LogP) is 3.51. The fourth-order valence-electron chi connectivity index (χ4n) is 3.39. The number of carbonyl (C=O) groups is 2. The summed E-state index contributed by atoms with van der Waals surface area (Å²) in [5.41, 5.74) is 4.90. The lowest BCUT2D eigenvalue weighted by Gasteiger charge is -2.13. The van der Waals surface area contributed by atoms with Crippen molar-refractivity contribution in [3.8, 4) is 5.75 Å². The predicted molar refractivity (Wildman–Crippen MR) is 111 cm³/mol. The molecule has 0 saturated carbocycles. The number of ether oxygens (including phenoxy) is 2. The summed E-state index contributed by atoms with van der Waals surface area (Å²) < 4.78 is 9.98. The number of aromatic nitrogens is 1. The van der Waals surface area contributed by atoms with Gasteiger partial charge in [0.05, 0.1) is 26.2 Å². The van der Waals surface area contributed by atoms with Gasteiger partial charge in [0, 0.05) is 17.6 Å². The molecular weight excluding hydrogens is 368 g/mol. The Morgan fingerprint density at radius 1 is 1.07 bits per heavy atom. The molecule has 0 fully saturated rings. The number of rotatable bonds is 6. The molecule has 0 aliphatic carbocycles. The average molecular weight is 392 g/mol. The van der Waals surface area contributed by atoms with Crippen molar-refractivity contribution in [1.82, 2.24) is 10.3 Å². The second kappa shape index (κ2) is 8.73. The molecule has 6 nitrogen and oxygen atoms in total. The number of pyridine rings is 1. The van der Waals surface area contributed by atoms with Gasteiger partial charge in [-0.15, -0.1) is 0 Å². The lowest BCUT2D eigenvalue weighted by molar-refractivity contribution is -0.120. The summed E-state index contributed by atoms with van der Waals surface area (Å²) in [6.45, 7) is 4.24. The van der Waals surface area contributed by atoms with Crippen molar-refractivity contribution in [2.75, 3.05) is 14.2 Å². The number of benzene rings is 2. The maximum absolute atomic E-state index is 12.6. The molecule has 0 aliphatic rings. The van der Waals surface area contributed by atoms with Crippen LogP contribution in [0.4, 0.5) is 0 Å². The van der Waals surface area contributed by atoms with Crippen molar-refractivity contribution >= 4 is 22.8 Å². The zero-order valence-corrected chi connectivity index (χ0v) is 17.0. The Hall–Kier alpha value is -3.41. The van der Waals surface area contributed by atoms with Gasteiger partial charge in [-0.05, 0) is 48.7 Å². The lowest BCUT2D eigenvalue weighted by atomic mass is 9.99. The van der Waals surface area contributed by atoms with E-state index in [1.165, 1.54) is 14.2 Å². The van der Waals surface area contributed by atoms with Crippen LogP contribution in [0.2, 0.25) is 0 Å². The summed E-state index contributed by atoms with van der Waals surface area (Å²) in [6, 6.07) is 13.1. The summed E-state index contributed by atoms with van der Waals surface area (Å²) in [4.78, 5) is 29.1. The highest BCUT2D eigenvalue weighted by Gasteiger charge is 2.15. The van der Waals surface area contributed by atoms with E-state index in [4.69, 9.17) is 9.47 Å². The van der Waals surface area contributed by atoms with Crippen LogP contribution >= 0.6 is 0 Å². The molecule has 0 radical (unpaired) electrons. The van der Waals surface area contributed by atoms with E-state index >= 15 is 0 Å². The van der Waals surface area contributed by atoms with Gasteiger partial charge in [-0.1, -0.05) is 24.3 Å². The van der Waals surface area contributed by atoms with Crippen LogP contribution in [0.3, 0.4) is 0 Å². The number of hydrogen-bond acceptors (Lipinski definition) is 5. The number of amides is 1. The zero-order valence-electron chi connectivity index (χ0n) is 17.0. The van der Waals surface area contributed by atoms with Crippen molar-refractivity contribution < 1.29 is 19.1 Å².